The molecule has 3 N–H and O–H groups in total. The maximum absolute atomic E-state index is 11.6. The Labute approximate surface area is 137 Å². The van der Waals surface area contributed by atoms with Crippen molar-refractivity contribution in [2.24, 2.45) is 5.73 Å². The molecule has 0 atom stereocenters. The highest BCUT2D eigenvalue weighted by atomic mass is 16.5. The van der Waals surface area contributed by atoms with Gasteiger partial charge in [0.2, 0.25) is 0 Å². The number of hydrogen-bond acceptors (Lipinski definition) is 3. The van der Waals surface area contributed by atoms with E-state index < -0.39 is 6.09 Å². The van der Waals surface area contributed by atoms with Gasteiger partial charge in [-0.25, -0.2) is 4.79 Å². The van der Waals surface area contributed by atoms with Gasteiger partial charge in [0.25, 0.3) is 0 Å². The zero-order valence-electron chi connectivity index (χ0n) is 13.1. The average Bonchev–Trinajstić information content (AvgIpc) is 2.59. The minimum atomic E-state index is -0.422. The van der Waals surface area contributed by atoms with Crippen LogP contribution in [0.1, 0.15) is 16.7 Å². The molecule has 0 heterocycles. The van der Waals surface area contributed by atoms with E-state index in [1.54, 1.807) is 0 Å². The van der Waals surface area contributed by atoms with E-state index in [9.17, 15) is 4.79 Å². The summed E-state index contributed by atoms with van der Waals surface area (Å²) in [5.41, 5.74) is 8.90. The molecule has 2 aromatic carbocycles. The van der Waals surface area contributed by atoms with Crippen LogP contribution >= 0.6 is 0 Å². The number of nitrogens with two attached hydrogens (primary N) is 1. The van der Waals surface area contributed by atoms with E-state index in [0.717, 1.165) is 17.5 Å². The Morgan fingerprint density at radius 1 is 1.09 bits per heavy atom. The monoisotopic (exact) mass is 310 g/mol. The van der Waals surface area contributed by atoms with Crippen molar-refractivity contribution >= 4 is 12.2 Å². The van der Waals surface area contributed by atoms with Crippen molar-refractivity contribution in [3.8, 4) is 0 Å². The predicted octanol–water partition coefficient (Wildman–Crippen LogP) is 3.13. The molecule has 4 heteroatoms. The van der Waals surface area contributed by atoms with Crippen LogP contribution in [0.3, 0.4) is 0 Å². The number of benzene rings is 2. The number of amides is 1. The average molecular weight is 310 g/mol. The molecule has 0 aliphatic carbocycles. The van der Waals surface area contributed by atoms with Gasteiger partial charge in [-0.3, -0.25) is 0 Å². The lowest BCUT2D eigenvalue weighted by atomic mass is 10.0. The van der Waals surface area contributed by atoms with Crippen molar-refractivity contribution in [3.05, 3.63) is 77.4 Å². The lowest BCUT2D eigenvalue weighted by Gasteiger charge is -2.06. The maximum atomic E-state index is 11.6. The van der Waals surface area contributed by atoms with Gasteiger partial charge in [-0.1, -0.05) is 66.7 Å². The number of ether oxygens (including phenoxy) is 1. The van der Waals surface area contributed by atoms with Gasteiger partial charge < -0.3 is 15.8 Å². The number of carbonyl (C=O) groups excluding carboxylic acids is 1. The molecule has 2 rings (SSSR count). The van der Waals surface area contributed by atoms with E-state index in [2.05, 4.69) is 11.4 Å². The molecule has 4 nitrogen and oxygen atoms in total. The second kappa shape index (κ2) is 9.43. The molecule has 0 fully saturated rings. The number of alkyl carbamates (subject to hydrolysis) is 1. The molecule has 23 heavy (non-hydrogen) atoms. The van der Waals surface area contributed by atoms with E-state index in [-0.39, 0.29) is 6.61 Å². The normalized spacial score (nSPS) is 10.7. The smallest absolute Gasteiger partial charge is 0.407 e. The summed E-state index contributed by atoms with van der Waals surface area (Å²) in [5, 5.41) is 2.70. The minimum absolute atomic E-state index is 0.274. The molecule has 1 amide bonds. The highest BCUT2D eigenvalue weighted by molar-refractivity contribution is 5.67. The Morgan fingerprint density at radius 3 is 2.61 bits per heavy atom. The zero-order chi connectivity index (χ0) is 16.3. The van der Waals surface area contributed by atoms with E-state index in [1.165, 1.54) is 5.56 Å². The van der Waals surface area contributed by atoms with E-state index in [0.29, 0.717) is 13.1 Å². The lowest BCUT2D eigenvalue weighted by Crippen LogP contribution is -2.24. The van der Waals surface area contributed by atoms with Gasteiger partial charge in [0, 0.05) is 6.54 Å². The molecule has 0 spiro atoms. The molecular weight excluding hydrogens is 288 g/mol. The first-order chi connectivity index (χ1) is 11.3. The standard InChI is InChI=1S/C19H22N2O2/c20-13-12-18-10-5-4-9-17(18)11-6-14-21-19(22)23-15-16-7-2-1-3-8-16/h1-11H,12-15,20H2,(H,21,22). The van der Waals surface area contributed by atoms with Crippen LogP contribution in [0.2, 0.25) is 0 Å². The van der Waals surface area contributed by atoms with Gasteiger partial charge in [0.15, 0.2) is 0 Å². The molecule has 0 aromatic heterocycles. The van der Waals surface area contributed by atoms with Gasteiger partial charge in [-0.2, -0.15) is 0 Å². The van der Waals surface area contributed by atoms with Crippen LogP contribution in [0, 0.1) is 0 Å². The molecule has 0 saturated heterocycles. The van der Waals surface area contributed by atoms with Crippen LogP contribution in [0.5, 0.6) is 0 Å². The van der Waals surface area contributed by atoms with Crippen molar-refractivity contribution in [3.63, 3.8) is 0 Å². The summed E-state index contributed by atoms with van der Waals surface area (Å²) in [6.07, 6.45) is 4.31. The lowest BCUT2D eigenvalue weighted by molar-refractivity contribution is 0.141. The molecule has 120 valence electrons. The summed E-state index contributed by atoms with van der Waals surface area (Å²) in [6, 6.07) is 17.7. The van der Waals surface area contributed by atoms with Crippen LogP contribution in [0.15, 0.2) is 60.7 Å². The van der Waals surface area contributed by atoms with Gasteiger partial charge in [-0.05, 0) is 29.7 Å². The third-order valence-corrected chi connectivity index (χ3v) is 3.34. The summed E-state index contributed by atoms with van der Waals surface area (Å²) in [7, 11) is 0. The van der Waals surface area contributed by atoms with Gasteiger partial charge in [-0.15, -0.1) is 0 Å². The van der Waals surface area contributed by atoms with Gasteiger partial charge >= 0.3 is 6.09 Å². The quantitative estimate of drug-likeness (QED) is 0.826. The highest BCUT2D eigenvalue weighted by Gasteiger charge is 2.00. The number of carbonyl (C=O) groups is 1. The first-order valence-electron chi connectivity index (χ1n) is 7.68. The maximum Gasteiger partial charge on any atom is 0.407 e. The van der Waals surface area contributed by atoms with Crippen LogP contribution < -0.4 is 11.1 Å². The second-order valence-corrected chi connectivity index (χ2v) is 5.08. The molecule has 0 bridgehead atoms. The summed E-state index contributed by atoms with van der Waals surface area (Å²) in [6.45, 7) is 1.31. The third-order valence-electron chi connectivity index (χ3n) is 3.34. The summed E-state index contributed by atoms with van der Waals surface area (Å²) >= 11 is 0. The molecular formula is C19H22N2O2. The van der Waals surface area contributed by atoms with Crippen LogP contribution in [-0.4, -0.2) is 19.2 Å². The Morgan fingerprint density at radius 2 is 1.83 bits per heavy atom. The second-order valence-electron chi connectivity index (χ2n) is 5.08. The molecule has 0 aliphatic heterocycles. The zero-order valence-corrected chi connectivity index (χ0v) is 13.1. The number of nitrogens with one attached hydrogen (secondary N) is 1. The van der Waals surface area contributed by atoms with Crippen molar-refractivity contribution in [2.45, 2.75) is 13.0 Å². The topological polar surface area (TPSA) is 64.3 Å². The third kappa shape index (κ3) is 5.96. The van der Waals surface area contributed by atoms with Crippen LogP contribution in [-0.2, 0) is 17.8 Å². The highest BCUT2D eigenvalue weighted by Crippen LogP contribution is 2.10. The van der Waals surface area contributed by atoms with Crippen molar-refractivity contribution in [2.75, 3.05) is 13.1 Å². The molecule has 0 saturated carbocycles. The van der Waals surface area contributed by atoms with Gasteiger partial charge in [0.1, 0.15) is 6.61 Å². The van der Waals surface area contributed by atoms with Crippen molar-refractivity contribution in [1.82, 2.24) is 5.32 Å². The summed E-state index contributed by atoms with van der Waals surface area (Å²) in [5.74, 6) is 0. The van der Waals surface area contributed by atoms with Crippen molar-refractivity contribution < 1.29 is 9.53 Å². The molecule has 0 aliphatic rings. The van der Waals surface area contributed by atoms with Gasteiger partial charge in [0.05, 0.1) is 0 Å². The van der Waals surface area contributed by atoms with Crippen molar-refractivity contribution in [1.29, 1.82) is 0 Å². The Hall–Kier alpha value is -2.59. The molecule has 2 aromatic rings. The fraction of sp³-hybridized carbons (Fsp3) is 0.211. The fourth-order valence-corrected chi connectivity index (χ4v) is 2.18. The minimum Gasteiger partial charge on any atom is -0.445 e. The van der Waals surface area contributed by atoms with Crippen LogP contribution in [0.25, 0.3) is 6.08 Å². The fourth-order valence-electron chi connectivity index (χ4n) is 2.18. The molecule has 0 unspecified atom stereocenters. The Bertz CT molecular complexity index is 639. The van der Waals surface area contributed by atoms with E-state index >= 15 is 0 Å². The Balaban J connectivity index is 1.75. The Kier molecular flexibility index (Phi) is 6.88. The molecule has 0 radical (unpaired) electrons. The number of rotatable bonds is 7. The predicted molar refractivity (Wildman–Crippen MR) is 92.9 cm³/mol. The summed E-state index contributed by atoms with van der Waals surface area (Å²) in [4.78, 5) is 11.6. The SMILES string of the molecule is NCCc1ccccc1C=CCNC(=O)OCc1ccccc1. The number of hydrogen-bond donors (Lipinski definition) is 2. The summed E-state index contributed by atoms with van der Waals surface area (Å²) < 4.78 is 5.14. The van der Waals surface area contributed by atoms with E-state index in [1.807, 2.05) is 60.7 Å². The van der Waals surface area contributed by atoms with E-state index in [4.69, 9.17) is 10.5 Å². The van der Waals surface area contributed by atoms with Crippen LogP contribution in [0.4, 0.5) is 4.79 Å². The largest absolute Gasteiger partial charge is 0.445 e. The first-order valence-corrected chi connectivity index (χ1v) is 7.68. The first kappa shape index (κ1) is 16.8.